The third kappa shape index (κ3) is 4.99. The summed E-state index contributed by atoms with van der Waals surface area (Å²) in [6.45, 7) is 0.764. The third-order valence-electron chi connectivity index (χ3n) is 5.44. The number of nitrogens with one attached hydrogen (secondary N) is 2. The zero-order chi connectivity index (χ0) is 24.3. The Balaban J connectivity index is 1.36. The molecule has 2 N–H and O–H groups in total. The van der Waals surface area contributed by atoms with E-state index < -0.39 is 16.1 Å². The number of rotatable bonds is 7. The fourth-order valence-corrected chi connectivity index (χ4v) is 4.83. The number of anilines is 1. The molecule has 4 aromatic rings. The van der Waals surface area contributed by atoms with E-state index in [0.29, 0.717) is 36.0 Å². The van der Waals surface area contributed by atoms with E-state index in [2.05, 4.69) is 10.0 Å². The van der Waals surface area contributed by atoms with Crippen molar-refractivity contribution >= 4 is 21.6 Å². The summed E-state index contributed by atoms with van der Waals surface area (Å²) in [6, 6.07) is 23.2. The maximum atomic E-state index is 13.1. The van der Waals surface area contributed by atoms with Crippen LogP contribution in [0.15, 0.2) is 101 Å². The minimum atomic E-state index is -3.92. The first-order valence-corrected chi connectivity index (χ1v) is 12.4. The fourth-order valence-electron chi connectivity index (χ4n) is 3.76. The molecule has 1 atom stereocenters. The quantitative estimate of drug-likeness (QED) is 0.398. The Morgan fingerprint density at radius 1 is 0.829 bits per heavy atom. The number of carbonyl (C=O) groups is 1. The number of hydrogen-bond donors (Lipinski definition) is 2. The van der Waals surface area contributed by atoms with Crippen molar-refractivity contribution in [3.63, 3.8) is 0 Å². The Hall–Kier alpha value is -4.24. The van der Waals surface area contributed by atoms with Crippen molar-refractivity contribution in [1.29, 1.82) is 0 Å². The van der Waals surface area contributed by atoms with Crippen LogP contribution in [0.2, 0.25) is 0 Å². The van der Waals surface area contributed by atoms with E-state index in [1.807, 2.05) is 30.3 Å². The van der Waals surface area contributed by atoms with E-state index >= 15 is 0 Å². The predicted molar refractivity (Wildman–Crippen MR) is 129 cm³/mol. The van der Waals surface area contributed by atoms with Gasteiger partial charge in [-0.15, -0.1) is 0 Å². The van der Waals surface area contributed by atoms with Crippen molar-refractivity contribution in [2.45, 2.75) is 10.9 Å². The molecule has 0 saturated carbocycles. The second-order valence-corrected chi connectivity index (χ2v) is 9.51. The third-order valence-corrected chi connectivity index (χ3v) is 6.82. The Morgan fingerprint density at radius 2 is 1.63 bits per heavy atom. The van der Waals surface area contributed by atoms with Gasteiger partial charge >= 0.3 is 0 Å². The number of ether oxygens (including phenoxy) is 2. The lowest BCUT2D eigenvalue weighted by molar-refractivity contribution is 0.0939. The molecule has 178 valence electrons. The van der Waals surface area contributed by atoms with Crippen LogP contribution in [-0.4, -0.2) is 27.5 Å². The zero-order valence-electron chi connectivity index (χ0n) is 18.5. The topological polar surface area (TPSA) is 107 Å². The molecule has 0 bridgehead atoms. The van der Waals surface area contributed by atoms with Gasteiger partial charge in [0.05, 0.1) is 11.2 Å². The maximum absolute atomic E-state index is 13.1. The largest absolute Gasteiger partial charge is 0.486 e. The maximum Gasteiger partial charge on any atom is 0.262 e. The normalized spacial score (nSPS) is 13.6. The Morgan fingerprint density at radius 3 is 2.40 bits per heavy atom. The van der Waals surface area contributed by atoms with Gasteiger partial charge in [0.25, 0.3) is 15.9 Å². The van der Waals surface area contributed by atoms with Crippen LogP contribution >= 0.6 is 0 Å². The van der Waals surface area contributed by atoms with Gasteiger partial charge in [0.2, 0.25) is 0 Å². The van der Waals surface area contributed by atoms with Crippen LogP contribution in [0, 0.1) is 0 Å². The van der Waals surface area contributed by atoms with Crippen molar-refractivity contribution < 1.29 is 27.1 Å². The Bertz CT molecular complexity index is 1440. The van der Waals surface area contributed by atoms with Crippen molar-refractivity contribution in [1.82, 2.24) is 5.32 Å². The summed E-state index contributed by atoms with van der Waals surface area (Å²) in [5.74, 6) is 1.08. The Kier molecular flexibility index (Phi) is 6.15. The van der Waals surface area contributed by atoms with Crippen LogP contribution in [0.4, 0.5) is 5.69 Å². The molecule has 8 nitrogen and oxygen atoms in total. The summed E-state index contributed by atoms with van der Waals surface area (Å²) < 4.78 is 44.9. The summed E-state index contributed by atoms with van der Waals surface area (Å²) in [7, 11) is -3.92. The first-order chi connectivity index (χ1) is 17.0. The van der Waals surface area contributed by atoms with Gasteiger partial charge in [-0.25, -0.2) is 8.42 Å². The molecular formula is C26H22N2O6S. The highest BCUT2D eigenvalue weighted by molar-refractivity contribution is 7.92. The van der Waals surface area contributed by atoms with E-state index in [9.17, 15) is 13.2 Å². The van der Waals surface area contributed by atoms with Gasteiger partial charge in [0.15, 0.2) is 11.5 Å². The second-order valence-electron chi connectivity index (χ2n) is 7.82. The van der Waals surface area contributed by atoms with Crippen LogP contribution in [0.1, 0.15) is 27.7 Å². The van der Waals surface area contributed by atoms with Gasteiger partial charge in [-0.3, -0.25) is 9.52 Å². The van der Waals surface area contributed by atoms with E-state index in [1.165, 1.54) is 18.2 Å². The standard InChI is InChI=1S/C26H22N2O6S/c29-26(27-25(23-10-5-13-32-23)18-6-2-1-3-7-18)19-8-4-9-20(16-19)28-35(30,31)21-11-12-22-24(17-21)34-15-14-33-22/h1-13,16-17,25,28H,14-15H2,(H,27,29). The molecule has 1 aliphatic rings. The van der Waals surface area contributed by atoms with Crippen LogP contribution in [0.25, 0.3) is 0 Å². The lowest BCUT2D eigenvalue weighted by Crippen LogP contribution is -2.29. The summed E-state index contributed by atoms with van der Waals surface area (Å²) in [5.41, 5.74) is 1.40. The van der Waals surface area contributed by atoms with Gasteiger partial charge in [-0.05, 0) is 48.0 Å². The summed E-state index contributed by atoms with van der Waals surface area (Å²) >= 11 is 0. The van der Waals surface area contributed by atoms with Gasteiger partial charge in [0.1, 0.15) is 25.0 Å². The lowest BCUT2D eigenvalue weighted by Gasteiger charge is -2.19. The molecule has 1 amide bonds. The molecule has 3 aromatic carbocycles. The predicted octanol–water partition coefficient (Wildman–Crippen LogP) is 4.37. The molecule has 35 heavy (non-hydrogen) atoms. The molecule has 1 aromatic heterocycles. The monoisotopic (exact) mass is 490 g/mol. The molecule has 2 heterocycles. The molecule has 9 heteroatoms. The smallest absolute Gasteiger partial charge is 0.262 e. The van der Waals surface area contributed by atoms with E-state index in [1.54, 1.807) is 42.7 Å². The molecule has 1 unspecified atom stereocenters. The Labute approximate surface area is 202 Å². The van der Waals surface area contributed by atoms with Crippen molar-refractivity contribution in [3.8, 4) is 11.5 Å². The number of amides is 1. The number of hydrogen-bond acceptors (Lipinski definition) is 6. The molecule has 0 spiro atoms. The fraction of sp³-hybridized carbons (Fsp3) is 0.115. The average Bonchev–Trinajstić information content (AvgIpc) is 3.42. The van der Waals surface area contributed by atoms with E-state index in [0.717, 1.165) is 5.56 Å². The van der Waals surface area contributed by atoms with Crippen molar-refractivity contribution in [2.75, 3.05) is 17.9 Å². The molecule has 0 saturated heterocycles. The number of carbonyl (C=O) groups excluding carboxylic acids is 1. The lowest BCUT2D eigenvalue weighted by atomic mass is 10.0. The van der Waals surface area contributed by atoms with Gasteiger partial charge in [0, 0.05) is 17.3 Å². The summed E-state index contributed by atoms with van der Waals surface area (Å²) in [6.07, 6.45) is 1.55. The first kappa shape index (κ1) is 22.5. The minimum Gasteiger partial charge on any atom is -0.486 e. The average molecular weight is 491 g/mol. The van der Waals surface area contributed by atoms with Crippen LogP contribution in [0.5, 0.6) is 11.5 Å². The zero-order valence-corrected chi connectivity index (χ0v) is 19.3. The minimum absolute atomic E-state index is 0.0264. The number of fused-ring (bicyclic) bond motifs is 1. The SMILES string of the molecule is O=C(NC(c1ccccc1)c1ccco1)c1cccc(NS(=O)(=O)c2ccc3c(c2)OCCO3)c1. The highest BCUT2D eigenvalue weighted by Gasteiger charge is 2.22. The van der Waals surface area contributed by atoms with Crippen molar-refractivity contribution in [3.05, 3.63) is 108 Å². The van der Waals surface area contributed by atoms with Gasteiger partial charge < -0.3 is 19.2 Å². The van der Waals surface area contributed by atoms with E-state index in [4.69, 9.17) is 13.9 Å². The molecule has 0 fully saturated rings. The number of sulfonamides is 1. The van der Waals surface area contributed by atoms with Gasteiger partial charge in [-0.1, -0.05) is 36.4 Å². The van der Waals surface area contributed by atoms with Crippen LogP contribution < -0.4 is 19.5 Å². The molecule has 0 aliphatic carbocycles. The molecular weight excluding hydrogens is 468 g/mol. The second kappa shape index (κ2) is 9.55. The summed E-state index contributed by atoms with van der Waals surface area (Å²) in [5, 5.41) is 2.97. The number of benzene rings is 3. The highest BCUT2D eigenvalue weighted by atomic mass is 32.2. The van der Waals surface area contributed by atoms with Crippen LogP contribution in [0.3, 0.4) is 0 Å². The molecule has 5 rings (SSSR count). The summed E-state index contributed by atoms with van der Waals surface area (Å²) in [4.78, 5) is 13.1. The highest BCUT2D eigenvalue weighted by Crippen LogP contribution is 2.33. The van der Waals surface area contributed by atoms with Crippen molar-refractivity contribution in [2.24, 2.45) is 0 Å². The van der Waals surface area contributed by atoms with E-state index in [-0.39, 0.29) is 16.5 Å². The molecule has 0 radical (unpaired) electrons. The molecule has 1 aliphatic heterocycles. The van der Waals surface area contributed by atoms with Gasteiger partial charge in [-0.2, -0.15) is 0 Å². The first-order valence-electron chi connectivity index (χ1n) is 10.9. The van der Waals surface area contributed by atoms with Crippen LogP contribution in [-0.2, 0) is 10.0 Å². The number of furan rings is 1.